The zero-order valence-electron chi connectivity index (χ0n) is 22.8. The highest BCUT2D eigenvalue weighted by molar-refractivity contribution is 7.92. The van der Waals surface area contributed by atoms with Crippen molar-refractivity contribution in [2.24, 2.45) is 0 Å². The largest absolute Gasteiger partial charge is 0.501 e. The van der Waals surface area contributed by atoms with Crippen LogP contribution in [0.25, 0.3) is 11.1 Å². The van der Waals surface area contributed by atoms with Crippen LogP contribution in [0.2, 0.25) is 10.0 Å². The van der Waals surface area contributed by atoms with Crippen LogP contribution in [0.1, 0.15) is 25.3 Å². The number of benzene rings is 3. The molecule has 1 saturated heterocycles. The third-order valence-corrected chi connectivity index (χ3v) is 11.3. The Balaban J connectivity index is 1.56. The van der Waals surface area contributed by atoms with Gasteiger partial charge >= 0.3 is 11.5 Å². The number of carboxylic acids is 1. The van der Waals surface area contributed by atoms with Crippen LogP contribution in [0, 0.1) is 0 Å². The molecule has 0 spiro atoms. The first-order chi connectivity index (χ1) is 20.4. The van der Waals surface area contributed by atoms with Crippen LogP contribution in [-0.2, 0) is 35.9 Å². The lowest BCUT2D eigenvalue weighted by molar-refractivity contribution is -0.143. The van der Waals surface area contributed by atoms with Crippen LogP contribution < -0.4 is 5.32 Å². The smallest absolute Gasteiger partial charge is 0.480 e. The van der Waals surface area contributed by atoms with Crippen molar-refractivity contribution in [3.05, 3.63) is 82.3 Å². The number of halogens is 5. The Morgan fingerprint density at radius 1 is 1.00 bits per heavy atom. The molecule has 0 bridgehead atoms. The standard InChI is InChI=1S/C28H25Cl2F3N2O7S2/c1-27(11-4-12-35(27)44(41,42)21-15-19(29)14-20(30)16-21)26(38)34-23(25(36)37)13-17-7-9-18(10-8-17)22-5-2-3-6-24(22)43(39,40)28(31,32)33/h2-3,5-10,14-16,23H,4,11-13H2,1H3,(H,34,38)(H,36,37)/t23?,27-/m0/s1. The SMILES string of the molecule is C[C@@]1(C(=O)NC(Cc2ccc(-c3ccccc3S(=O)(=O)C(F)(F)F)cc2)C(=O)O)CCCN1S(=O)(=O)c1cc(Cl)cc(Cl)c1. The number of rotatable bonds is 9. The minimum Gasteiger partial charge on any atom is -0.480 e. The number of aliphatic carboxylic acids is 1. The van der Waals surface area contributed by atoms with Crippen LogP contribution in [0.15, 0.2) is 76.5 Å². The van der Waals surface area contributed by atoms with Crippen molar-refractivity contribution in [2.45, 2.75) is 53.1 Å². The molecule has 1 aliphatic rings. The molecule has 2 atom stereocenters. The van der Waals surface area contributed by atoms with Crippen molar-refractivity contribution < 1.29 is 44.7 Å². The summed E-state index contributed by atoms with van der Waals surface area (Å²) in [6, 6.07) is 12.3. The molecule has 1 fully saturated rings. The highest BCUT2D eigenvalue weighted by Crippen LogP contribution is 2.38. The van der Waals surface area contributed by atoms with Gasteiger partial charge in [0.15, 0.2) is 0 Å². The molecule has 0 aromatic heterocycles. The predicted octanol–water partition coefficient (Wildman–Crippen LogP) is 5.31. The third kappa shape index (κ3) is 6.59. The Bertz CT molecular complexity index is 1800. The van der Waals surface area contributed by atoms with E-state index in [0.717, 1.165) is 16.4 Å². The average molecular weight is 694 g/mol. The Labute approximate surface area is 261 Å². The molecule has 236 valence electrons. The fraction of sp³-hybridized carbons (Fsp3) is 0.286. The third-order valence-electron chi connectivity index (χ3n) is 7.28. The van der Waals surface area contributed by atoms with Crippen molar-refractivity contribution >= 4 is 54.9 Å². The van der Waals surface area contributed by atoms with E-state index in [1.807, 2.05) is 0 Å². The van der Waals surface area contributed by atoms with Gasteiger partial charge in [-0.2, -0.15) is 17.5 Å². The van der Waals surface area contributed by atoms with Gasteiger partial charge in [-0.25, -0.2) is 21.6 Å². The van der Waals surface area contributed by atoms with Crippen LogP contribution in [0.4, 0.5) is 13.2 Å². The molecule has 0 aliphatic carbocycles. The average Bonchev–Trinajstić information content (AvgIpc) is 3.35. The van der Waals surface area contributed by atoms with Gasteiger partial charge in [0.05, 0.1) is 9.79 Å². The maximum atomic E-state index is 13.5. The Hall–Kier alpha value is -3.17. The summed E-state index contributed by atoms with van der Waals surface area (Å²) in [6.07, 6.45) is 0.159. The summed E-state index contributed by atoms with van der Waals surface area (Å²) in [5.74, 6) is -2.26. The molecule has 9 nitrogen and oxygen atoms in total. The highest BCUT2D eigenvalue weighted by atomic mass is 35.5. The second kappa shape index (κ2) is 12.3. The summed E-state index contributed by atoms with van der Waals surface area (Å²) in [4.78, 5) is 24.4. The normalized spacial score (nSPS) is 18.6. The number of nitrogens with zero attached hydrogens (tertiary/aromatic N) is 1. The van der Waals surface area contributed by atoms with Gasteiger partial charge in [-0.15, -0.1) is 0 Å². The first kappa shape index (κ1) is 33.7. The number of carbonyl (C=O) groups excluding carboxylic acids is 1. The Kier molecular flexibility index (Phi) is 9.44. The number of hydrogen-bond acceptors (Lipinski definition) is 6. The molecule has 3 aromatic rings. The van der Waals surface area contributed by atoms with E-state index < -0.39 is 53.7 Å². The summed E-state index contributed by atoms with van der Waals surface area (Å²) >= 11 is 12.0. The van der Waals surface area contributed by atoms with E-state index in [1.54, 1.807) is 0 Å². The number of sulfonamides is 1. The van der Waals surface area contributed by atoms with E-state index in [4.69, 9.17) is 23.2 Å². The number of hydrogen-bond donors (Lipinski definition) is 2. The minimum atomic E-state index is -5.65. The Morgan fingerprint density at radius 3 is 2.16 bits per heavy atom. The van der Waals surface area contributed by atoms with Crippen LogP contribution in [-0.4, -0.2) is 61.8 Å². The summed E-state index contributed by atoms with van der Waals surface area (Å²) in [5.41, 5.74) is -6.86. The van der Waals surface area contributed by atoms with Crippen LogP contribution >= 0.6 is 23.2 Å². The fourth-order valence-corrected chi connectivity index (χ4v) is 8.51. The lowest BCUT2D eigenvalue weighted by Gasteiger charge is -2.34. The molecule has 1 amide bonds. The van der Waals surface area contributed by atoms with Gasteiger partial charge in [0.2, 0.25) is 15.9 Å². The van der Waals surface area contributed by atoms with Crippen LogP contribution in [0.3, 0.4) is 0 Å². The molecule has 3 aromatic carbocycles. The number of carbonyl (C=O) groups is 2. The predicted molar refractivity (Wildman–Crippen MR) is 156 cm³/mol. The zero-order valence-corrected chi connectivity index (χ0v) is 26.0. The lowest BCUT2D eigenvalue weighted by atomic mass is 9.97. The number of amides is 1. The molecular formula is C28H25Cl2F3N2O7S2. The number of alkyl halides is 3. The van der Waals surface area contributed by atoms with Gasteiger partial charge in [0, 0.05) is 28.6 Å². The van der Waals surface area contributed by atoms with Gasteiger partial charge in [-0.05, 0) is 55.2 Å². The van der Waals surface area contributed by atoms with E-state index in [2.05, 4.69) is 5.32 Å². The molecule has 1 heterocycles. The highest BCUT2D eigenvalue weighted by Gasteiger charge is 2.50. The van der Waals surface area contributed by atoms with E-state index >= 15 is 0 Å². The van der Waals surface area contributed by atoms with Gasteiger partial charge < -0.3 is 10.4 Å². The van der Waals surface area contributed by atoms with E-state index in [-0.39, 0.29) is 45.5 Å². The fourth-order valence-electron chi connectivity index (χ4n) is 4.99. The van der Waals surface area contributed by atoms with E-state index in [0.29, 0.717) is 12.0 Å². The topological polar surface area (TPSA) is 138 Å². The van der Waals surface area contributed by atoms with E-state index in [9.17, 15) is 44.7 Å². The minimum absolute atomic E-state index is 0.0128. The quantitative estimate of drug-likeness (QED) is 0.310. The second-order valence-corrected chi connectivity index (χ2v) is 14.9. The number of sulfone groups is 1. The first-order valence-corrected chi connectivity index (χ1v) is 16.6. The van der Waals surface area contributed by atoms with Crippen molar-refractivity contribution in [1.82, 2.24) is 9.62 Å². The first-order valence-electron chi connectivity index (χ1n) is 12.9. The van der Waals surface area contributed by atoms with Crippen molar-refractivity contribution in [2.75, 3.05) is 6.54 Å². The molecule has 2 N–H and O–H groups in total. The van der Waals surface area contributed by atoms with Gasteiger partial charge in [-0.3, -0.25) is 4.79 Å². The molecule has 0 saturated carbocycles. The molecule has 4 rings (SSSR count). The maximum absolute atomic E-state index is 13.5. The van der Waals surface area contributed by atoms with Crippen molar-refractivity contribution in [3.63, 3.8) is 0 Å². The van der Waals surface area contributed by atoms with E-state index in [1.165, 1.54) is 61.5 Å². The molecule has 0 radical (unpaired) electrons. The maximum Gasteiger partial charge on any atom is 0.501 e. The molecule has 44 heavy (non-hydrogen) atoms. The van der Waals surface area contributed by atoms with Crippen molar-refractivity contribution in [1.29, 1.82) is 0 Å². The molecule has 1 aliphatic heterocycles. The van der Waals surface area contributed by atoms with Gasteiger partial charge in [-0.1, -0.05) is 65.7 Å². The van der Waals surface area contributed by atoms with Crippen LogP contribution in [0.5, 0.6) is 0 Å². The monoisotopic (exact) mass is 692 g/mol. The lowest BCUT2D eigenvalue weighted by Crippen LogP contribution is -2.58. The van der Waals surface area contributed by atoms with Gasteiger partial charge in [0.1, 0.15) is 11.6 Å². The summed E-state index contributed by atoms with van der Waals surface area (Å²) in [5, 5.41) is 12.4. The zero-order chi connectivity index (χ0) is 32.7. The summed E-state index contributed by atoms with van der Waals surface area (Å²) in [7, 11) is -9.91. The number of carboxylic acid groups (broad SMARTS) is 1. The summed E-state index contributed by atoms with van der Waals surface area (Å²) < 4.78 is 91.8. The Morgan fingerprint density at radius 2 is 1.59 bits per heavy atom. The van der Waals surface area contributed by atoms with Crippen molar-refractivity contribution in [3.8, 4) is 11.1 Å². The molecule has 16 heteroatoms. The molecular weight excluding hydrogens is 668 g/mol. The summed E-state index contributed by atoms with van der Waals surface area (Å²) in [6.45, 7) is 1.38. The number of nitrogens with one attached hydrogen (secondary N) is 1. The molecule has 1 unspecified atom stereocenters. The van der Waals surface area contributed by atoms with Gasteiger partial charge in [0.25, 0.3) is 9.84 Å². The second-order valence-electron chi connectivity index (χ2n) is 10.3.